The fraction of sp³-hybridized carbons (Fsp3) is 0.600. The molecule has 0 fully saturated rings. The molecular weight excluding hydrogens is 283 g/mol. The van der Waals surface area contributed by atoms with Crippen molar-refractivity contribution in [3.63, 3.8) is 0 Å². The van der Waals surface area contributed by atoms with Gasteiger partial charge in [0.15, 0.2) is 0 Å². The van der Waals surface area contributed by atoms with Crippen LogP contribution in [-0.2, 0) is 4.74 Å². The van der Waals surface area contributed by atoms with Crippen molar-refractivity contribution in [2.75, 3.05) is 26.4 Å². The van der Waals surface area contributed by atoms with Gasteiger partial charge in [0.1, 0.15) is 12.4 Å². The molecule has 1 aliphatic rings. The molecule has 1 N–H and O–H groups in total. The Labute approximate surface area is 122 Å². The molecule has 0 amide bonds. The van der Waals surface area contributed by atoms with Crippen LogP contribution in [0.2, 0.25) is 0 Å². The fourth-order valence-electron chi connectivity index (χ4n) is 2.47. The summed E-state index contributed by atoms with van der Waals surface area (Å²) in [4.78, 5) is 0. The van der Waals surface area contributed by atoms with E-state index in [2.05, 4.69) is 10.1 Å². The van der Waals surface area contributed by atoms with Crippen LogP contribution in [0.1, 0.15) is 30.0 Å². The van der Waals surface area contributed by atoms with Gasteiger partial charge in [0.2, 0.25) is 0 Å². The lowest BCUT2D eigenvalue weighted by atomic mass is 10.00. The zero-order valence-electron chi connectivity index (χ0n) is 12.0. The number of hydrogen-bond acceptors (Lipinski definition) is 3. The second kappa shape index (κ2) is 7.13. The van der Waals surface area contributed by atoms with Crippen molar-refractivity contribution in [1.29, 1.82) is 0 Å². The zero-order valence-corrected chi connectivity index (χ0v) is 12.0. The van der Waals surface area contributed by atoms with Crippen LogP contribution in [0.3, 0.4) is 0 Å². The molecule has 0 saturated carbocycles. The molecule has 1 heterocycles. The first-order chi connectivity index (χ1) is 9.97. The van der Waals surface area contributed by atoms with Gasteiger partial charge < -0.3 is 14.8 Å². The van der Waals surface area contributed by atoms with Crippen LogP contribution in [0.15, 0.2) is 18.2 Å². The number of benzene rings is 1. The summed E-state index contributed by atoms with van der Waals surface area (Å²) >= 11 is 0. The molecule has 0 spiro atoms. The zero-order chi connectivity index (χ0) is 15.3. The summed E-state index contributed by atoms with van der Waals surface area (Å²) < 4.78 is 46.3. The SMILES string of the molecule is Cc1cccc2c1OCCCC2NCCOCC(F)(F)F. The molecule has 6 heteroatoms. The molecule has 1 aromatic rings. The van der Waals surface area contributed by atoms with Crippen LogP contribution in [0.5, 0.6) is 5.75 Å². The maximum absolute atomic E-state index is 12.0. The molecule has 1 unspecified atom stereocenters. The second-order valence-electron chi connectivity index (χ2n) is 5.16. The molecule has 1 aliphatic heterocycles. The topological polar surface area (TPSA) is 30.5 Å². The Bertz CT molecular complexity index is 463. The van der Waals surface area contributed by atoms with Crippen molar-refractivity contribution in [2.24, 2.45) is 0 Å². The molecule has 3 nitrogen and oxygen atoms in total. The van der Waals surface area contributed by atoms with Crippen LogP contribution in [0.4, 0.5) is 13.2 Å². The van der Waals surface area contributed by atoms with E-state index in [1.165, 1.54) is 0 Å². The first kappa shape index (κ1) is 16.1. The van der Waals surface area contributed by atoms with Crippen LogP contribution < -0.4 is 10.1 Å². The van der Waals surface area contributed by atoms with Crippen molar-refractivity contribution in [3.8, 4) is 5.75 Å². The van der Waals surface area contributed by atoms with Crippen molar-refractivity contribution >= 4 is 0 Å². The van der Waals surface area contributed by atoms with Gasteiger partial charge in [-0.25, -0.2) is 0 Å². The van der Waals surface area contributed by atoms with Crippen LogP contribution in [-0.4, -0.2) is 32.5 Å². The molecule has 118 valence electrons. The van der Waals surface area contributed by atoms with Gasteiger partial charge in [-0.15, -0.1) is 0 Å². The standard InChI is InChI=1S/C15H20F3NO2/c1-11-4-2-5-12-13(6-3-8-21-14(11)12)19-7-9-20-10-15(16,17)18/h2,4-5,13,19H,3,6-10H2,1H3. The number of nitrogens with one attached hydrogen (secondary N) is 1. The highest BCUT2D eigenvalue weighted by atomic mass is 19.4. The average molecular weight is 303 g/mol. The average Bonchev–Trinajstić information content (AvgIpc) is 2.61. The number of ether oxygens (including phenoxy) is 2. The van der Waals surface area contributed by atoms with Crippen molar-refractivity contribution in [1.82, 2.24) is 5.32 Å². The highest BCUT2D eigenvalue weighted by molar-refractivity contribution is 5.43. The number of fused-ring (bicyclic) bond motifs is 1. The number of halogens is 3. The van der Waals surface area contributed by atoms with Crippen LogP contribution in [0, 0.1) is 6.92 Å². The lowest BCUT2D eigenvalue weighted by molar-refractivity contribution is -0.173. The van der Waals surface area contributed by atoms with E-state index in [0.29, 0.717) is 13.2 Å². The summed E-state index contributed by atoms with van der Waals surface area (Å²) in [5, 5.41) is 3.26. The minimum Gasteiger partial charge on any atom is -0.493 e. The highest BCUT2D eigenvalue weighted by Gasteiger charge is 2.27. The van der Waals surface area contributed by atoms with Gasteiger partial charge in [-0.05, 0) is 25.3 Å². The monoisotopic (exact) mass is 303 g/mol. The number of alkyl halides is 3. The van der Waals surface area contributed by atoms with Gasteiger partial charge in [0.05, 0.1) is 13.2 Å². The van der Waals surface area contributed by atoms with E-state index < -0.39 is 12.8 Å². The van der Waals surface area contributed by atoms with Crippen LogP contribution in [0.25, 0.3) is 0 Å². The molecule has 0 saturated heterocycles. The Morgan fingerprint density at radius 3 is 2.95 bits per heavy atom. The minimum atomic E-state index is -4.26. The Morgan fingerprint density at radius 2 is 2.19 bits per heavy atom. The van der Waals surface area contributed by atoms with Crippen molar-refractivity contribution in [3.05, 3.63) is 29.3 Å². The summed E-state index contributed by atoms with van der Waals surface area (Å²) in [5.41, 5.74) is 2.15. The Balaban J connectivity index is 1.88. The van der Waals surface area contributed by atoms with E-state index in [0.717, 1.165) is 29.7 Å². The lowest BCUT2D eigenvalue weighted by Gasteiger charge is -2.19. The van der Waals surface area contributed by atoms with E-state index in [4.69, 9.17) is 4.74 Å². The second-order valence-corrected chi connectivity index (χ2v) is 5.16. The van der Waals surface area contributed by atoms with Gasteiger partial charge in [0, 0.05) is 18.2 Å². The van der Waals surface area contributed by atoms with E-state index in [1.54, 1.807) is 0 Å². The maximum atomic E-state index is 12.0. The Morgan fingerprint density at radius 1 is 1.38 bits per heavy atom. The van der Waals surface area contributed by atoms with Gasteiger partial charge in [-0.3, -0.25) is 0 Å². The van der Waals surface area contributed by atoms with E-state index in [1.807, 2.05) is 25.1 Å². The predicted octanol–water partition coefficient (Wildman–Crippen LogP) is 3.38. The normalized spacial score (nSPS) is 18.8. The van der Waals surface area contributed by atoms with Gasteiger partial charge in [-0.1, -0.05) is 18.2 Å². The Kier molecular flexibility index (Phi) is 5.47. The summed E-state index contributed by atoms with van der Waals surface area (Å²) in [6, 6.07) is 6.06. The third-order valence-electron chi connectivity index (χ3n) is 3.40. The number of hydrogen-bond donors (Lipinski definition) is 1. The molecule has 1 aromatic carbocycles. The predicted molar refractivity (Wildman–Crippen MR) is 73.5 cm³/mol. The van der Waals surface area contributed by atoms with Gasteiger partial charge in [0.25, 0.3) is 0 Å². The van der Waals surface area contributed by atoms with Crippen molar-refractivity contribution in [2.45, 2.75) is 32.0 Å². The van der Waals surface area contributed by atoms with Gasteiger partial charge >= 0.3 is 6.18 Å². The molecule has 2 rings (SSSR count). The van der Waals surface area contributed by atoms with Gasteiger partial charge in [-0.2, -0.15) is 13.2 Å². The number of para-hydroxylation sites is 1. The summed E-state index contributed by atoms with van der Waals surface area (Å²) in [6.45, 7) is 1.89. The molecule has 0 aliphatic carbocycles. The smallest absolute Gasteiger partial charge is 0.411 e. The largest absolute Gasteiger partial charge is 0.493 e. The highest BCUT2D eigenvalue weighted by Crippen LogP contribution is 2.33. The third-order valence-corrected chi connectivity index (χ3v) is 3.40. The molecule has 0 bridgehead atoms. The summed E-state index contributed by atoms with van der Waals surface area (Å²) in [5.74, 6) is 0.892. The minimum absolute atomic E-state index is 0.0397. The third kappa shape index (κ3) is 4.89. The van der Waals surface area contributed by atoms with E-state index >= 15 is 0 Å². The molecular formula is C15H20F3NO2. The summed E-state index contributed by atoms with van der Waals surface area (Å²) in [6.07, 6.45) is -2.45. The summed E-state index contributed by atoms with van der Waals surface area (Å²) in [7, 11) is 0. The number of aryl methyl sites for hydroxylation is 1. The molecule has 1 atom stereocenters. The Hall–Kier alpha value is -1.27. The molecule has 0 radical (unpaired) electrons. The molecule has 0 aromatic heterocycles. The quantitative estimate of drug-likeness (QED) is 0.846. The van der Waals surface area contributed by atoms with E-state index in [-0.39, 0.29) is 12.6 Å². The van der Waals surface area contributed by atoms with Crippen LogP contribution >= 0.6 is 0 Å². The maximum Gasteiger partial charge on any atom is 0.411 e. The first-order valence-electron chi connectivity index (χ1n) is 7.07. The molecule has 21 heavy (non-hydrogen) atoms. The van der Waals surface area contributed by atoms with E-state index in [9.17, 15) is 13.2 Å². The fourth-order valence-corrected chi connectivity index (χ4v) is 2.47. The first-order valence-corrected chi connectivity index (χ1v) is 7.07. The number of rotatable bonds is 5. The van der Waals surface area contributed by atoms with Crippen molar-refractivity contribution < 1.29 is 22.6 Å². The lowest BCUT2D eigenvalue weighted by Crippen LogP contribution is -2.27.